The van der Waals surface area contributed by atoms with Gasteiger partial charge in [0.25, 0.3) is 18.2 Å². The van der Waals surface area contributed by atoms with Crippen molar-refractivity contribution in [2.24, 2.45) is 5.41 Å². The summed E-state index contributed by atoms with van der Waals surface area (Å²) in [5, 5.41) is 6.35. The zero-order valence-corrected chi connectivity index (χ0v) is 18.5. The lowest BCUT2D eigenvalue weighted by Crippen LogP contribution is -2.55. The number of carbonyl (C=O) groups excluding carboxylic acids is 2. The molecule has 8 nitrogen and oxygen atoms in total. The predicted molar refractivity (Wildman–Crippen MR) is 114 cm³/mol. The van der Waals surface area contributed by atoms with Gasteiger partial charge < -0.3 is 14.7 Å². The Balaban J connectivity index is 1.19. The molecule has 2 aliphatic rings. The van der Waals surface area contributed by atoms with Crippen molar-refractivity contribution in [2.75, 3.05) is 13.1 Å². The number of aryl methyl sites for hydroxylation is 2. The van der Waals surface area contributed by atoms with Gasteiger partial charge in [0.15, 0.2) is 0 Å². The molecule has 3 aromatic heterocycles. The van der Waals surface area contributed by atoms with Gasteiger partial charge in [-0.1, -0.05) is 11.2 Å². The largest absolute Gasteiger partial charge is 0.354 e. The van der Waals surface area contributed by atoms with E-state index >= 15 is 0 Å². The quantitative estimate of drug-likeness (QED) is 0.645. The van der Waals surface area contributed by atoms with Crippen LogP contribution in [0.3, 0.4) is 0 Å². The van der Waals surface area contributed by atoms with Crippen LogP contribution in [0.15, 0.2) is 28.9 Å². The minimum atomic E-state index is -2.89. The number of aromatic nitrogens is 3. The zero-order valence-electron chi connectivity index (χ0n) is 18.5. The standard InChI is InChI=1S/C23H25F2N5O3/c1-13-17(19(20(24)25)33-28-13)21(31)27-15-11-23(12-15)6-9-29(10-7-23)22(32)18-14(2)26-16-5-3-4-8-30(16)18/h3-5,8,15,20H,6-7,9-12H2,1-2H3,(H,27,31). The lowest BCUT2D eigenvalue weighted by Gasteiger charge is -2.52. The van der Waals surface area contributed by atoms with Crippen molar-refractivity contribution in [1.82, 2.24) is 24.8 Å². The van der Waals surface area contributed by atoms with Crippen LogP contribution in [-0.2, 0) is 0 Å². The number of hydrogen-bond acceptors (Lipinski definition) is 5. The van der Waals surface area contributed by atoms with E-state index in [9.17, 15) is 18.4 Å². The number of fused-ring (bicyclic) bond motifs is 1. The van der Waals surface area contributed by atoms with Crippen LogP contribution in [0.1, 0.15) is 70.1 Å². The average Bonchev–Trinajstić information content (AvgIpc) is 3.31. The fourth-order valence-corrected chi connectivity index (χ4v) is 5.27. The highest BCUT2D eigenvalue weighted by atomic mass is 19.3. The van der Waals surface area contributed by atoms with Gasteiger partial charge in [0.05, 0.1) is 11.4 Å². The molecule has 1 saturated carbocycles. The van der Waals surface area contributed by atoms with Crippen LogP contribution in [0.5, 0.6) is 0 Å². The first-order valence-electron chi connectivity index (χ1n) is 11.1. The van der Waals surface area contributed by atoms with Crippen LogP contribution < -0.4 is 5.32 Å². The number of nitrogens with zero attached hydrogens (tertiary/aromatic N) is 4. The third-order valence-electron chi connectivity index (χ3n) is 7.03. The number of pyridine rings is 1. The van der Waals surface area contributed by atoms with Gasteiger partial charge in [0, 0.05) is 25.3 Å². The van der Waals surface area contributed by atoms with E-state index < -0.39 is 18.1 Å². The molecule has 1 aliphatic carbocycles. The predicted octanol–water partition coefficient (Wildman–Crippen LogP) is 3.69. The maximum Gasteiger partial charge on any atom is 0.298 e. The Morgan fingerprint density at radius 1 is 1.18 bits per heavy atom. The zero-order chi connectivity index (χ0) is 23.3. The van der Waals surface area contributed by atoms with Gasteiger partial charge in [-0.25, -0.2) is 13.8 Å². The van der Waals surface area contributed by atoms with Gasteiger partial charge in [-0.05, 0) is 57.1 Å². The van der Waals surface area contributed by atoms with E-state index in [0.29, 0.717) is 24.5 Å². The Labute approximate surface area is 188 Å². The summed E-state index contributed by atoms with van der Waals surface area (Å²) in [4.78, 5) is 32.1. The van der Waals surface area contributed by atoms with Crippen molar-refractivity contribution in [3.05, 3.63) is 52.8 Å². The van der Waals surface area contributed by atoms with Crippen molar-refractivity contribution >= 4 is 17.5 Å². The topological polar surface area (TPSA) is 92.7 Å². The summed E-state index contributed by atoms with van der Waals surface area (Å²) < 4.78 is 32.6. The van der Waals surface area contributed by atoms with E-state index in [2.05, 4.69) is 20.0 Å². The van der Waals surface area contributed by atoms with E-state index in [1.54, 1.807) is 0 Å². The summed E-state index contributed by atoms with van der Waals surface area (Å²) in [7, 11) is 0. The van der Waals surface area contributed by atoms with Crippen LogP contribution in [0.4, 0.5) is 8.78 Å². The molecule has 0 atom stereocenters. The van der Waals surface area contributed by atoms with Crippen LogP contribution in [0.25, 0.3) is 5.65 Å². The molecule has 174 valence electrons. The maximum atomic E-state index is 13.2. The fourth-order valence-electron chi connectivity index (χ4n) is 5.27. The molecule has 10 heteroatoms. The summed E-state index contributed by atoms with van der Waals surface area (Å²) in [5.74, 6) is -1.28. The number of halogens is 2. The number of nitrogens with one attached hydrogen (secondary N) is 1. The summed E-state index contributed by atoms with van der Waals surface area (Å²) in [5.41, 5.74) is 2.12. The summed E-state index contributed by atoms with van der Waals surface area (Å²) >= 11 is 0. The number of amides is 2. The van der Waals surface area contributed by atoms with Gasteiger partial charge in [-0.2, -0.15) is 0 Å². The fraction of sp³-hybridized carbons (Fsp3) is 0.478. The van der Waals surface area contributed by atoms with Crippen molar-refractivity contribution < 1.29 is 22.9 Å². The van der Waals surface area contributed by atoms with Crippen LogP contribution in [0.2, 0.25) is 0 Å². The maximum absolute atomic E-state index is 13.2. The number of piperidine rings is 1. The first-order chi connectivity index (χ1) is 15.8. The van der Waals surface area contributed by atoms with Gasteiger partial charge in [0.2, 0.25) is 5.76 Å². The molecule has 1 aliphatic heterocycles. The summed E-state index contributed by atoms with van der Waals surface area (Å²) in [6.45, 7) is 4.60. The lowest BCUT2D eigenvalue weighted by atomic mass is 9.60. The second kappa shape index (κ2) is 7.93. The summed E-state index contributed by atoms with van der Waals surface area (Å²) in [6, 6.07) is 5.57. The molecule has 1 spiro atoms. The molecule has 0 aromatic carbocycles. The van der Waals surface area contributed by atoms with Crippen molar-refractivity contribution in [1.29, 1.82) is 0 Å². The second-order valence-electron chi connectivity index (χ2n) is 9.15. The molecule has 2 amide bonds. The Hall–Kier alpha value is -3.30. The molecule has 0 bridgehead atoms. The summed E-state index contributed by atoms with van der Waals surface area (Å²) in [6.07, 6.45) is 2.18. The molecule has 5 rings (SSSR count). The smallest absolute Gasteiger partial charge is 0.298 e. The highest BCUT2D eigenvalue weighted by Gasteiger charge is 2.47. The average molecular weight is 457 g/mol. The van der Waals surface area contributed by atoms with E-state index in [0.717, 1.165) is 31.3 Å². The van der Waals surface area contributed by atoms with Gasteiger partial charge in [0.1, 0.15) is 16.9 Å². The lowest BCUT2D eigenvalue weighted by molar-refractivity contribution is 0.00823. The molecule has 1 N–H and O–H groups in total. The van der Waals surface area contributed by atoms with E-state index in [1.807, 2.05) is 40.6 Å². The Bertz CT molecular complexity index is 1220. The monoisotopic (exact) mass is 457 g/mol. The van der Waals surface area contributed by atoms with Crippen molar-refractivity contribution in [2.45, 2.75) is 52.0 Å². The molecule has 4 heterocycles. The Morgan fingerprint density at radius 3 is 2.61 bits per heavy atom. The SMILES string of the molecule is Cc1noc(C(F)F)c1C(=O)NC1CC2(CCN(C(=O)c3c(C)nc4ccccn34)CC2)C1. The van der Waals surface area contributed by atoms with Crippen LogP contribution >= 0.6 is 0 Å². The molecule has 0 radical (unpaired) electrons. The third-order valence-corrected chi connectivity index (χ3v) is 7.03. The molecule has 33 heavy (non-hydrogen) atoms. The van der Waals surface area contributed by atoms with Gasteiger partial charge in [-0.3, -0.25) is 14.0 Å². The minimum Gasteiger partial charge on any atom is -0.354 e. The van der Waals surface area contributed by atoms with E-state index in [1.165, 1.54) is 6.92 Å². The number of rotatable bonds is 4. The van der Waals surface area contributed by atoms with Crippen molar-refractivity contribution in [3.8, 4) is 0 Å². The van der Waals surface area contributed by atoms with Crippen LogP contribution in [0, 0.1) is 19.3 Å². The first-order valence-corrected chi connectivity index (χ1v) is 11.1. The normalized spacial score (nSPS) is 18.2. The van der Waals surface area contributed by atoms with Crippen molar-refractivity contribution in [3.63, 3.8) is 0 Å². The van der Waals surface area contributed by atoms with Gasteiger partial charge >= 0.3 is 0 Å². The third kappa shape index (κ3) is 3.67. The Morgan fingerprint density at radius 2 is 1.91 bits per heavy atom. The molecule has 1 saturated heterocycles. The molecule has 0 unspecified atom stereocenters. The first kappa shape index (κ1) is 21.5. The highest BCUT2D eigenvalue weighted by molar-refractivity contribution is 5.96. The van der Waals surface area contributed by atoms with E-state index in [-0.39, 0.29) is 28.6 Å². The number of likely N-dealkylation sites (tertiary alicyclic amines) is 1. The molecule has 2 fully saturated rings. The number of imidazole rings is 1. The molecule has 3 aromatic rings. The minimum absolute atomic E-state index is 0.0207. The number of carbonyl (C=O) groups is 2. The second-order valence-corrected chi connectivity index (χ2v) is 9.15. The van der Waals surface area contributed by atoms with E-state index in [4.69, 9.17) is 0 Å². The number of alkyl halides is 2. The van der Waals surface area contributed by atoms with Crippen LogP contribution in [-0.4, -0.2) is 50.4 Å². The molecular weight excluding hydrogens is 432 g/mol. The number of hydrogen-bond donors (Lipinski definition) is 1. The Kier molecular flexibility index (Phi) is 5.18. The highest BCUT2D eigenvalue weighted by Crippen LogP contribution is 2.49. The van der Waals surface area contributed by atoms with Gasteiger partial charge in [-0.15, -0.1) is 0 Å². The molecular formula is C23H25F2N5O3.